The fraction of sp³-hybridized carbons (Fsp3) is 0.522. The molecule has 0 saturated carbocycles. The van der Waals surface area contributed by atoms with E-state index in [-0.39, 0.29) is 19.7 Å². The van der Waals surface area contributed by atoms with Gasteiger partial charge in [-0.25, -0.2) is 0 Å². The van der Waals surface area contributed by atoms with Crippen molar-refractivity contribution < 1.29 is 29.3 Å². The molecule has 9 heteroatoms. The van der Waals surface area contributed by atoms with Gasteiger partial charge < -0.3 is 24.7 Å². The molecule has 3 saturated heterocycles. The maximum Gasteiger partial charge on any atom is 0.310 e. The van der Waals surface area contributed by atoms with Crippen LogP contribution in [0.3, 0.4) is 0 Å². The fourth-order valence-electron chi connectivity index (χ4n) is 5.96. The van der Waals surface area contributed by atoms with Gasteiger partial charge in [0.2, 0.25) is 5.91 Å². The molecule has 0 radical (unpaired) electrons. The summed E-state index contributed by atoms with van der Waals surface area (Å²) in [6.45, 7) is 6.97. The molecule has 4 rings (SSSR count). The third-order valence-electron chi connectivity index (χ3n) is 7.15. The highest BCUT2D eigenvalue weighted by atomic mass is 35.5. The zero-order chi connectivity index (χ0) is 23.4. The van der Waals surface area contributed by atoms with Crippen molar-refractivity contribution in [2.24, 2.45) is 11.8 Å². The number of likely N-dealkylation sites (tertiary alicyclic amines) is 1. The van der Waals surface area contributed by atoms with E-state index in [9.17, 15) is 24.6 Å². The SMILES string of the molecule is C=CCN(C(=O)C1N(CCO)C(=O)[C@@H]2[C@H](C(=O)O)[C@]3(C)CCC12O3)c1c(C)cccc1Cl. The van der Waals surface area contributed by atoms with Gasteiger partial charge in [-0.3, -0.25) is 14.4 Å². The molecule has 2 amide bonds. The predicted octanol–water partition coefficient (Wildman–Crippen LogP) is 2.01. The molecule has 2 bridgehead atoms. The number of halogens is 1. The number of aliphatic hydroxyl groups is 1. The van der Waals surface area contributed by atoms with Crippen LogP contribution in [0.2, 0.25) is 5.02 Å². The van der Waals surface area contributed by atoms with Crippen LogP contribution in [0.5, 0.6) is 0 Å². The first kappa shape index (κ1) is 22.8. The molecule has 2 N–H and O–H groups in total. The highest BCUT2D eigenvalue weighted by molar-refractivity contribution is 6.34. The summed E-state index contributed by atoms with van der Waals surface area (Å²) in [6.07, 6.45) is 2.37. The third kappa shape index (κ3) is 3.00. The molecule has 3 aliphatic heterocycles. The van der Waals surface area contributed by atoms with Crippen LogP contribution >= 0.6 is 11.6 Å². The van der Waals surface area contributed by atoms with Crippen LogP contribution in [0.1, 0.15) is 25.3 Å². The number of aliphatic carboxylic acids is 1. The lowest BCUT2D eigenvalue weighted by Gasteiger charge is -2.37. The van der Waals surface area contributed by atoms with Crippen molar-refractivity contribution >= 4 is 35.1 Å². The van der Waals surface area contributed by atoms with Crippen molar-refractivity contribution in [2.75, 3.05) is 24.6 Å². The number of carboxylic acid groups (broad SMARTS) is 1. The summed E-state index contributed by atoms with van der Waals surface area (Å²) < 4.78 is 6.32. The molecule has 8 nitrogen and oxygen atoms in total. The van der Waals surface area contributed by atoms with Gasteiger partial charge in [0, 0.05) is 13.1 Å². The molecule has 2 unspecified atom stereocenters. The number of carboxylic acids is 1. The summed E-state index contributed by atoms with van der Waals surface area (Å²) >= 11 is 6.45. The lowest BCUT2D eigenvalue weighted by Crippen LogP contribution is -2.57. The summed E-state index contributed by atoms with van der Waals surface area (Å²) in [4.78, 5) is 42.4. The summed E-state index contributed by atoms with van der Waals surface area (Å²) in [6, 6.07) is 4.22. The molecule has 3 aliphatic rings. The quantitative estimate of drug-likeness (QED) is 0.600. The number of hydrogen-bond donors (Lipinski definition) is 2. The van der Waals surface area contributed by atoms with Crippen LogP contribution in [-0.2, 0) is 19.1 Å². The van der Waals surface area contributed by atoms with E-state index in [1.807, 2.05) is 13.0 Å². The van der Waals surface area contributed by atoms with E-state index in [1.54, 1.807) is 25.1 Å². The van der Waals surface area contributed by atoms with Gasteiger partial charge in [-0.05, 0) is 38.3 Å². The molecule has 1 spiro atoms. The molecule has 0 aliphatic carbocycles. The van der Waals surface area contributed by atoms with Gasteiger partial charge in [0.25, 0.3) is 5.91 Å². The van der Waals surface area contributed by atoms with E-state index < -0.39 is 46.9 Å². The van der Waals surface area contributed by atoms with E-state index >= 15 is 0 Å². The minimum atomic E-state index is -1.27. The Labute approximate surface area is 191 Å². The highest BCUT2D eigenvalue weighted by Gasteiger charge is 2.78. The average molecular weight is 463 g/mol. The number of fused-ring (bicyclic) bond motifs is 1. The zero-order valence-corrected chi connectivity index (χ0v) is 18.8. The Kier molecular flexibility index (Phi) is 5.59. The molecule has 172 valence electrons. The highest BCUT2D eigenvalue weighted by Crippen LogP contribution is 2.63. The lowest BCUT2D eigenvalue weighted by atomic mass is 9.66. The largest absolute Gasteiger partial charge is 0.481 e. The van der Waals surface area contributed by atoms with Crippen molar-refractivity contribution in [1.82, 2.24) is 4.90 Å². The minimum Gasteiger partial charge on any atom is -0.481 e. The van der Waals surface area contributed by atoms with Crippen molar-refractivity contribution in [2.45, 2.75) is 43.9 Å². The van der Waals surface area contributed by atoms with Gasteiger partial charge in [0.1, 0.15) is 11.6 Å². The number of aryl methyl sites for hydroxylation is 1. The predicted molar refractivity (Wildman–Crippen MR) is 117 cm³/mol. The van der Waals surface area contributed by atoms with E-state index in [4.69, 9.17) is 16.3 Å². The van der Waals surface area contributed by atoms with Gasteiger partial charge in [-0.2, -0.15) is 0 Å². The smallest absolute Gasteiger partial charge is 0.310 e. The van der Waals surface area contributed by atoms with Crippen LogP contribution in [0, 0.1) is 18.8 Å². The van der Waals surface area contributed by atoms with E-state index in [0.29, 0.717) is 23.6 Å². The molecule has 1 aromatic rings. The number of hydrogen-bond acceptors (Lipinski definition) is 5. The number of amides is 2. The number of anilines is 1. The number of ether oxygens (including phenoxy) is 1. The van der Waals surface area contributed by atoms with Crippen molar-refractivity contribution in [1.29, 1.82) is 0 Å². The number of rotatable bonds is 7. The Balaban J connectivity index is 1.84. The van der Waals surface area contributed by atoms with Crippen LogP contribution in [-0.4, -0.2) is 69.8 Å². The molecule has 3 fully saturated rings. The minimum absolute atomic E-state index is 0.0939. The average Bonchev–Trinajstić information content (AvgIpc) is 3.28. The first-order valence-corrected chi connectivity index (χ1v) is 11.0. The third-order valence-corrected chi connectivity index (χ3v) is 7.46. The van der Waals surface area contributed by atoms with Gasteiger partial charge in [-0.15, -0.1) is 6.58 Å². The fourth-order valence-corrected chi connectivity index (χ4v) is 6.29. The topological polar surface area (TPSA) is 107 Å². The Bertz CT molecular complexity index is 978. The Morgan fingerprint density at radius 2 is 2.12 bits per heavy atom. The first-order valence-electron chi connectivity index (χ1n) is 10.6. The summed E-state index contributed by atoms with van der Waals surface area (Å²) in [5.74, 6) is -4.06. The Morgan fingerprint density at radius 1 is 1.41 bits per heavy atom. The second-order valence-corrected chi connectivity index (χ2v) is 9.37. The first-order chi connectivity index (χ1) is 15.1. The molecule has 5 atom stereocenters. The Morgan fingerprint density at radius 3 is 2.72 bits per heavy atom. The number of carbonyl (C=O) groups excluding carboxylic acids is 2. The molecular weight excluding hydrogens is 436 g/mol. The van der Waals surface area contributed by atoms with Crippen LogP contribution in [0.15, 0.2) is 30.9 Å². The molecule has 0 aromatic heterocycles. The van der Waals surface area contributed by atoms with E-state index in [0.717, 1.165) is 5.56 Å². The molecule has 3 heterocycles. The number of benzene rings is 1. The van der Waals surface area contributed by atoms with Gasteiger partial charge >= 0.3 is 5.97 Å². The van der Waals surface area contributed by atoms with Crippen LogP contribution in [0.25, 0.3) is 0 Å². The summed E-state index contributed by atoms with van der Waals surface area (Å²) in [5, 5.41) is 19.9. The zero-order valence-electron chi connectivity index (χ0n) is 18.1. The van der Waals surface area contributed by atoms with Gasteiger partial charge in [0.05, 0.1) is 34.8 Å². The van der Waals surface area contributed by atoms with Crippen LogP contribution < -0.4 is 4.90 Å². The molecule has 32 heavy (non-hydrogen) atoms. The second-order valence-electron chi connectivity index (χ2n) is 8.96. The Hall–Kier alpha value is -2.42. The number of para-hydroxylation sites is 1. The van der Waals surface area contributed by atoms with Crippen molar-refractivity contribution in [3.8, 4) is 0 Å². The summed E-state index contributed by atoms with van der Waals surface area (Å²) in [5.41, 5.74) is -1.02. The molecular formula is C23H27ClN2O6. The number of carbonyl (C=O) groups is 3. The van der Waals surface area contributed by atoms with E-state index in [1.165, 1.54) is 9.80 Å². The summed E-state index contributed by atoms with van der Waals surface area (Å²) in [7, 11) is 0. The second kappa shape index (κ2) is 7.86. The van der Waals surface area contributed by atoms with E-state index in [2.05, 4.69) is 6.58 Å². The maximum absolute atomic E-state index is 14.1. The van der Waals surface area contributed by atoms with Gasteiger partial charge in [0.15, 0.2) is 0 Å². The standard InChI is InChI=1S/C23H27ClN2O6/c1-4-10-25(17-13(2)6-5-7-14(17)24)20(29)18-23-9-8-22(3,32-23)16(21(30)31)15(23)19(28)26(18)11-12-27/h4-7,15-16,18,27H,1,8-12H2,2-3H3,(H,30,31)/t15-,16+,18?,22-,23?/m0/s1. The van der Waals surface area contributed by atoms with Gasteiger partial charge in [-0.1, -0.05) is 29.8 Å². The lowest BCUT2D eigenvalue weighted by molar-refractivity contribution is -0.154. The van der Waals surface area contributed by atoms with Crippen molar-refractivity contribution in [3.63, 3.8) is 0 Å². The monoisotopic (exact) mass is 462 g/mol. The van der Waals surface area contributed by atoms with Crippen LogP contribution in [0.4, 0.5) is 5.69 Å². The maximum atomic E-state index is 14.1. The number of aliphatic hydroxyl groups excluding tert-OH is 1. The number of β-amino-alcohol motifs (C(OH)–C–C–N with tert-alkyl or cyclic N) is 1. The normalized spacial score (nSPS) is 32.8. The number of nitrogens with zero attached hydrogens (tertiary/aromatic N) is 2. The van der Waals surface area contributed by atoms with Crippen molar-refractivity contribution in [3.05, 3.63) is 41.4 Å². The molecule has 1 aromatic carbocycles.